The van der Waals surface area contributed by atoms with Crippen LogP contribution in [0.4, 0.5) is 22.7 Å². The van der Waals surface area contributed by atoms with Crippen LogP contribution in [0.5, 0.6) is 0 Å². The van der Waals surface area contributed by atoms with E-state index in [9.17, 15) is 20.2 Å². The van der Waals surface area contributed by atoms with Gasteiger partial charge in [0.1, 0.15) is 0 Å². The van der Waals surface area contributed by atoms with Gasteiger partial charge in [0.2, 0.25) is 5.84 Å². The van der Waals surface area contributed by atoms with Crippen LogP contribution in [-0.4, -0.2) is 15.7 Å². The van der Waals surface area contributed by atoms with Gasteiger partial charge in [-0.15, -0.1) is 10.2 Å². The van der Waals surface area contributed by atoms with E-state index in [1.165, 1.54) is 36.4 Å². The first-order chi connectivity index (χ1) is 14.0. The molecule has 0 bridgehead atoms. The SMILES string of the molecule is O=[N+]([O-])c1cccc(/C(N=Nc2ccccc2[N+](=O)[O-])=N\Nc2ccccc2)c1. The molecular formula is C19H14N6O4. The summed E-state index contributed by atoms with van der Waals surface area (Å²) in [6, 6.07) is 20.6. The molecule has 0 radical (unpaired) electrons. The minimum Gasteiger partial charge on any atom is -0.276 e. The van der Waals surface area contributed by atoms with Crippen molar-refractivity contribution in [2.45, 2.75) is 0 Å². The number of azo groups is 1. The Morgan fingerprint density at radius 2 is 1.55 bits per heavy atom. The number of non-ortho nitro benzene ring substituents is 1. The van der Waals surface area contributed by atoms with Crippen molar-refractivity contribution in [3.8, 4) is 0 Å². The molecule has 3 rings (SSSR count). The predicted octanol–water partition coefficient (Wildman–Crippen LogP) is 5.06. The monoisotopic (exact) mass is 390 g/mol. The lowest BCUT2D eigenvalue weighted by Crippen LogP contribution is -2.02. The van der Waals surface area contributed by atoms with Crippen molar-refractivity contribution in [1.29, 1.82) is 0 Å². The molecule has 144 valence electrons. The highest BCUT2D eigenvalue weighted by Crippen LogP contribution is 2.27. The second kappa shape index (κ2) is 8.95. The second-order valence-electron chi connectivity index (χ2n) is 5.67. The lowest BCUT2D eigenvalue weighted by Gasteiger charge is -2.03. The maximum absolute atomic E-state index is 11.2. The van der Waals surface area contributed by atoms with Crippen LogP contribution >= 0.6 is 0 Å². The quantitative estimate of drug-likeness (QED) is 0.206. The third kappa shape index (κ3) is 5.04. The number of hydrogen-bond acceptors (Lipinski definition) is 7. The van der Waals surface area contributed by atoms with Crippen molar-refractivity contribution in [3.05, 3.63) is 105 Å². The van der Waals surface area contributed by atoms with E-state index in [1.807, 2.05) is 6.07 Å². The van der Waals surface area contributed by atoms with Crippen molar-refractivity contribution >= 4 is 28.6 Å². The Hall–Kier alpha value is -4.47. The summed E-state index contributed by atoms with van der Waals surface area (Å²) in [4.78, 5) is 21.1. The van der Waals surface area contributed by atoms with E-state index in [0.717, 1.165) is 0 Å². The first kappa shape index (κ1) is 19.3. The van der Waals surface area contributed by atoms with E-state index in [-0.39, 0.29) is 22.9 Å². The molecule has 0 atom stereocenters. The highest BCUT2D eigenvalue weighted by atomic mass is 16.6. The molecule has 0 saturated carbocycles. The van der Waals surface area contributed by atoms with Gasteiger partial charge in [-0.3, -0.25) is 25.7 Å². The first-order valence-corrected chi connectivity index (χ1v) is 8.33. The highest BCUT2D eigenvalue weighted by Gasteiger charge is 2.14. The van der Waals surface area contributed by atoms with Gasteiger partial charge in [-0.1, -0.05) is 42.5 Å². The predicted molar refractivity (Wildman–Crippen MR) is 107 cm³/mol. The third-order valence-electron chi connectivity index (χ3n) is 3.71. The maximum Gasteiger partial charge on any atom is 0.296 e. The number of hydrazone groups is 1. The van der Waals surface area contributed by atoms with Crippen LogP contribution in [0.3, 0.4) is 0 Å². The molecule has 10 heteroatoms. The summed E-state index contributed by atoms with van der Waals surface area (Å²) >= 11 is 0. The average molecular weight is 390 g/mol. The topological polar surface area (TPSA) is 135 Å². The fraction of sp³-hybridized carbons (Fsp3) is 0. The zero-order valence-electron chi connectivity index (χ0n) is 14.9. The molecule has 0 aliphatic carbocycles. The van der Waals surface area contributed by atoms with Gasteiger partial charge in [-0.2, -0.15) is 5.10 Å². The van der Waals surface area contributed by atoms with Gasteiger partial charge in [0, 0.05) is 23.8 Å². The molecule has 0 heterocycles. The largest absolute Gasteiger partial charge is 0.296 e. The lowest BCUT2D eigenvalue weighted by atomic mass is 10.2. The number of nitrogens with one attached hydrogen (secondary N) is 1. The summed E-state index contributed by atoms with van der Waals surface area (Å²) in [5.74, 6) is 0.0238. The summed E-state index contributed by atoms with van der Waals surface area (Å²) in [7, 11) is 0. The van der Waals surface area contributed by atoms with Crippen LogP contribution in [0, 0.1) is 20.2 Å². The zero-order chi connectivity index (χ0) is 20.6. The van der Waals surface area contributed by atoms with E-state index < -0.39 is 9.85 Å². The van der Waals surface area contributed by atoms with Crippen molar-refractivity contribution in [2.75, 3.05) is 5.43 Å². The third-order valence-corrected chi connectivity index (χ3v) is 3.71. The Balaban J connectivity index is 2.00. The Morgan fingerprint density at radius 3 is 2.28 bits per heavy atom. The fourth-order valence-corrected chi connectivity index (χ4v) is 2.34. The standard InChI is InChI=1S/C19H14N6O4/c26-24(27)16-10-6-7-14(13-16)19(22-20-15-8-2-1-3-9-15)23-21-17-11-4-5-12-18(17)25(28)29/h1-13,20H/b22-19+,23-21?. The van der Waals surface area contributed by atoms with Crippen LogP contribution < -0.4 is 5.43 Å². The number of para-hydroxylation sites is 2. The number of hydrogen-bond donors (Lipinski definition) is 1. The van der Waals surface area contributed by atoms with Crippen molar-refractivity contribution in [1.82, 2.24) is 0 Å². The summed E-state index contributed by atoms with van der Waals surface area (Å²) in [5.41, 5.74) is 3.46. The number of rotatable bonds is 6. The molecule has 0 spiro atoms. The molecule has 0 aliphatic rings. The molecule has 0 unspecified atom stereocenters. The van der Waals surface area contributed by atoms with Gasteiger partial charge in [-0.25, -0.2) is 0 Å². The summed E-state index contributed by atoms with van der Waals surface area (Å²) in [6.45, 7) is 0. The van der Waals surface area contributed by atoms with E-state index in [4.69, 9.17) is 0 Å². The van der Waals surface area contributed by atoms with Crippen molar-refractivity contribution < 1.29 is 9.85 Å². The Morgan fingerprint density at radius 1 is 0.828 bits per heavy atom. The van der Waals surface area contributed by atoms with Crippen LogP contribution in [0.15, 0.2) is 94.2 Å². The molecule has 0 aliphatic heterocycles. The fourth-order valence-electron chi connectivity index (χ4n) is 2.34. The molecular weight excluding hydrogens is 376 g/mol. The number of anilines is 1. The van der Waals surface area contributed by atoms with Crippen LogP contribution in [0.25, 0.3) is 0 Å². The summed E-state index contributed by atoms with van der Waals surface area (Å²) in [5, 5.41) is 34.3. The molecule has 0 amide bonds. The zero-order valence-corrected chi connectivity index (χ0v) is 14.9. The van der Waals surface area contributed by atoms with Gasteiger partial charge in [-0.05, 0) is 18.2 Å². The minimum absolute atomic E-state index is 0.0238. The lowest BCUT2D eigenvalue weighted by molar-refractivity contribution is -0.384. The minimum atomic E-state index is -0.569. The van der Waals surface area contributed by atoms with Gasteiger partial charge < -0.3 is 0 Å². The first-order valence-electron chi connectivity index (χ1n) is 8.33. The second-order valence-corrected chi connectivity index (χ2v) is 5.67. The summed E-state index contributed by atoms with van der Waals surface area (Å²) < 4.78 is 0. The van der Waals surface area contributed by atoms with E-state index in [1.54, 1.807) is 36.4 Å². The van der Waals surface area contributed by atoms with Crippen molar-refractivity contribution in [2.24, 2.45) is 15.3 Å². The number of nitrogens with zero attached hydrogens (tertiary/aromatic N) is 5. The van der Waals surface area contributed by atoms with Crippen LogP contribution in [-0.2, 0) is 0 Å². The number of nitro benzene ring substituents is 2. The molecule has 29 heavy (non-hydrogen) atoms. The smallest absolute Gasteiger partial charge is 0.276 e. The van der Waals surface area contributed by atoms with Gasteiger partial charge in [0.05, 0.1) is 15.5 Å². The number of benzene rings is 3. The van der Waals surface area contributed by atoms with Crippen LogP contribution in [0.2, 0.25) is 0 Å². The molecule has 10 nitrogen and oxygen atoms in total. The molecule has 0 saturated heterocycles. The molecule has 3 aromatic rings. The van der Waals surface area contributed by atoms with Crippen LogP contribution in [0.1, 0.15) is 5.56 Å². The normalized spacial score (nSPS) is 11.4. The van der Waals surface area contributed by atoms with Gasteiger partial charge in [0.15, 0.2) is 5.69 Å². The molecule has 1 N–H and O–H groups in total. The number of amidine groups is 1. The van der Waals surface area contributed by atoms with Crippen molar-refractivity contribution in [3.63, 3.8) is 0 Å². The Labute approximate surface area is 164 Å². The van der Waals surface area contributed by atoms with E-state index >= 15 is 0 Å². The Bertz CT molecular complexity index is 1100. The highest BCUT2D eigenvalue weighted by molar-refractivity contribution is 6.00. The van der Waals surface area contributed by atoms with E-state index in [2.05, 4.69) is 20.8 Å². The molecule has 3 aromatic carbocycles. The average Bonchev–Trinajstić information content (AvgIpc) is 2.74. The van der Waals surface area contributed by atoms with Gasteiger partial charge >= 0.3 is 0 Å². The summed E-state index contributed by atoms with van der Waals surface area (Å²) in [6.07, 6.45) is 0. The molecule has 0 fully saturated rings. The number of nitro groups is 2. The Kier molecular flexibility index (Phi) is 5.96. The van der Waals surface area contributed by atoms with Gasteiger partial charge in [0.25, 0.3) is 11.4 Å². The molecule has 0 aromatic heterocycles. The van der Waals surface area contributed by atoms with E-state index in [0.29, 0.717) is 11.3 Å². The maximum atomic E-state index is 11.2.